The molecule has 1 aliphatic heterocycles. The summed E-state index contributed by atoms with van der Waals surface area (Å²) in [4.78, 5) is 25.4. The third kappa shape index (κ3) is 4.24. The number of carbonyl (C=O) groups is 2. The van der Waals surface area contributed by atoms with Gasteiger partial charge in [-0.25, -0.2) is 0 Å². The number of nitrogens with zero attached hydrogens (tertiary/aromatic N) is 1. The van der Waals surface area contributed by atoms with E-state index in [1.54, 1.807) is 19.1 Å². The Hall–Kier alpha value is -2.24. The average Bonchev–Trinajstić information content (AvgIpc) is 3.23. The number of benzene rings is 1. The summed E-state index contributed by atoms with van der Waals surface area (Å²) in [5.74, 6) is 1.13. The summed E-state index contributed by atoms with van der Waals surface area (Å²) in [7, 11) is 3.36. The maximum atomic E-state index is 12.3. The van der Waals surface area contributed by atoms with Crippen LogP contribution in [0.2, 0.25) is 0 Å². The zero-order valence-corrected chi connectivity index (χ0v) is 14.9. The molecule has 25 heavy (non-hydrogen) atoms. The summed E-state index contributed by atoms with van der Waals surface area (Å²) < 4.78 is 11.5. The van der Waals surface area contributed by atoms with Crippen LogP contribution >= 0.6 is 0 Å². The van der Waals surface area contributed by atoms with E-state index in [2.05, 4.69) is 5.32 Å². The first-order chi connectivity index (χ1) is 12.1. The van der Waals surface area contributed by atoms with E-state index < -0.39 is 0 Å². The largest absolute Gasteiger partial charge is 0.493 e. The van der Waals surface area contributed by atoms with Crippen LogP contribution < -0.4 is 14.8 Å². The van der Waals surface area contributed by atoms with E-state index in [1.165, 1.54) is 12.8 Å². The van der Waals surface area contributed by atoms with Crippen LogP contribution in [-0.4, -0.2) is 43.5 Å². The van der Waals surface area contributed by atoms with Gasteiger partial charge >= 0.3 is 0 Å². The van der Waals surface area contributed by atoms with Crippen molar-refractivity contribution >= 4 is 11.8 Å². The summed E-state index contributed by atoms with van der Waals surface area (Å²) in [6, 6.07) is 5.73. The van der Waals surface area contributed by atoms with E-state index in [0.717, 1.165) is 24.2 Å². The SMILES string of the molecule is COc1ccc(CNC(=O)C2CC(=O)N(C)C2)cc1OC1CCCC1. The Morgan fingerprint density at radius 2 is 2.04 bits per heavy atom. The lowest BCUT2D eigenvalue weighted by Crippen LogP contribution is -2.31. The number of ether oxygens (including phenoxy) is 2. The highest BCUT2D eigenvalue weighted by atomic mass is 16.5. The van der Waals surface area contributed by atoms with Crippen LogP contribution in [0.3, 0.4) is 0 Å². The monoisotopic (exact) mass is 346 g/mol. The highest BCUT2D eigenvalue weighted by Gasteiger charge is 2.31. The average molecular weight is 346 g/mol. The van der Waals surface area contributed by atoms with Crippen LogP contribution in [0.5, 0.6) is 11.5 Å². The highest BCUT2D eigenvalue weighted by Crippen LogP contribution is 2.32. The molecule has 0 spiro atoms. The van der Waals surface area contributed by atoms with Crippen LogP contribution in [0.4, 0.5) is 0 Å². The van der Waals surface area contributed by atoms with E-state index in [0.29, 0.717) is 25.3 Å². The van der Waals surface area contributed by atoms with Gasteiger partial charge in [0, 0.05) is 26.6 Å². The number of rotatable bonds is 6. The van der Waals surface area contributed by atoms with Gasteiger partial charge in [-0.05, 0) is 43.4 Å². The minimum absolute atomic E-state index is 0.0249. The molecule has 6 nitrogen and oxygen atoms in total. The zero-order chi connectivity index (χ0) is 17.8. The molecule has 0 radical (unpaired) electrons. The third-order valence-corrected chi connectivity index (χ3v) is 5.00. The van der Waals surface area contributed by atoms with E-state index >= 15 is 0 Å². The Bertz CT molecular complexity index is 640. The molecule has 1 aromatic carbocycles. The van der Waals surface area contributed by atoms with E-state index in [4.69, 9.17) is 9.47 Å². The first-order valence-corrected chi connectivity index (χ1v) is 8.92. The Labute approximate surface area is 148 Å². The standard InChI is InChI=1S/C19H26N2O4/c1-21-12-14(10-18(21)22)19(23)20-11-13-7-8-16(24-2)17(9-13)25-15-5-3-4-6-15/h7-9,14-15H,3-6,10-12H2,1-2H3,(H,20,23). The number of nitrogens with one attached hydrogen (secondary N) is 1. The number of carbonyl (C=O) groups excluding carboxylic acids is 2. The molecule has 0 bridgehead atoms. The van der Waals surface area contributed by atoms with Crippen LogP contribution in [-0.2, 0) is 16.1 Å². The fourth-order valence-electron chi connectivity index (χ4n) is 3.48. The number of amides is 2. The second kappa shape index (κ2) is 7.76. The number of hydrogen-bond acceptors (Lipinski definition) is 4. The maximum absolute atomic E-state index is 12.3. The van der Waals surface area contributed by atoms with Crippen molar-refractivity contribution in [2.45, 2.75) is 44.8 Å². The van der Waals surface area contributed by atoms with Crippen molar-refractivity contribution in [1.29, 1.82) is 0 Å². The molecule has 1 N–H and O–H groups in total. The van der Waals surface area contributed by atoms with Crippen LogP contribution in [0, 0.1) is 5.92 Å². The van der Waals surface area contributed by atoms with Gasteiger partial charge in [0.2, 0.25) is 11.8 Å². The van der Waals surface area contributed by atoms with Crippen molar-refractivity contribution in [3.05, 3.63) is 23.8 Å². The number of methoxy groups -OCH3 is 1. The van der Waals surface area contributed by atoms with Gasteiger partial charge in [-0.3, -0.25) is 9.59 Å². The van der Waals surface area contributed by atoms with Crippen molar-refractivity contribution in [3.8, 4) is 11.5 Å². The van der Waals surface area contributed by atoms with E-state index in [9.17, 15) is 9.59 Å². The summed E-state index contributed by atoms with van der Waals surface area (Å²) in [5, 5.41) is 2.93. The molecule has 1 heterocycles. The fraction of sp³-hybridized carbons (Fsp3) is 0.579. The molecule has 0 aromatic heterocycles. The molecule has 1 atom stereocenters. The zero-order valence-electron chi connectivity index (χ0n) is 14.9. The summed E-state index contributed by atoms with van der Waals surface area (Å²) >= 11 is 0. The topological polar surface area (TPSA) is 67.9 Å². The quantitative estimate of drug-likeness (QED) is 0.857. The van der Waals surface area contributed by atoms with Crippen molar-refractivity contribution in [3.63, 3.8) is 0 Å². The maximum Gasteiger partial charge on any atom is 0.225 e. The normalized spacial score (nSPS) is 20.8. The van der Waals surface area contributed by atoms with Crippen molar-refractivity contribution < 1.29 is 19.1 Å². The Morgan fingerprint density at radius 3 is 2.68 bits per heavy atom. The molecule has 1 aliphatic carbocycles. The molecular formula is C19H26N2O4. The second-order valence-electron chi connectivity index (χ2n) is 6.90. The molecule has 3 rings (SSSR count). The lowest BCUT2D eigenvalue weighted by atomic mass is 10.1. The lowest BCUT2D eigenvalue weighted by Gasteiger charge is -2.17. The van der Waals surface area contributed by atoms with Gasteiger partial charge in [-0.1, -0.05) is 6.07 Å². The van der Waals surface area contributed by atoms with Gasteiger partial charge in [-0.15, -0.1) is 0 Å². The Morgan fingerprint density at radius 1 is 1.28 bits per heavy atom. The molecule has 1 aromatic rings. The van der Waals surface area contributed by atoms with Crippen LogP contribution in [0.25, 0.3) is 0 Å². The van der Waals surface area contributed by atoms with Gasteiger partial charge in [-0.2, -0.15) is 0 Å². The van der Waals surface area contributed by atoms with Gasteiger partial charge in [0.15, 0.2) is 11.5 Å². The minimum Gasteiger partial charge on any atom is -0.493 e. The molecule has 136 valence electrons. The second-order valence-corrected chi connectivity index (χ2v) is 6.90. The van der Waals surface area contributed by atoms with Crippen molar-refractivity contribution in [2.75, 3.05) is 20.7 Å². The highest BCUT2D eigenvalue weighted by molar-refractivity contribution is 5.89. The van der Waals surface area contributed by atoms with Gasteiger partial charge < -0.3 is 19.7 Å². The molecule has 2 fully saturated rings. The third-order valence-electron chi connectivity index (χ3n) is 5.00. The van der Waals surface area contributed by atoms with E-state index in [-0.39, 0.29) is 23.8 Å². The van der Waals surface area contributed by atoms with Gasteiger partial charge in [0.1, 0.15) is 0 Å². The predicted molar refractivity (Wildman–Crippen MR) is 93.5 cm³/mol. The molecule has 1 unspecified atom stereocenters. The Balaban J connectivity index is 1.60. The minimum atomic E-state index is -0.259. The molecule has 6 heteroatoms. The van der Waals surface area contributed by atoms with Gasteiger partial charge in [0.05, 0.1) is 19.1 Å². The molecule has 2 amide bonds. The van der Waals surface area contributed by atoms with Crippen LogP contribution in [0.1, 0.15) is 37.7 Å². The number of likely N-dealkylation sites (tertiary alicyclic amines) is 1. The molecule has 2 aliphatic rings. The number of hydrogen-bond donors (Lipinski definition) is 1. The summed E-state index contributed by atoms with van der Waals surface area (Å²) in [6.07, 6.45) is 5.11. The first-order valence-electron chi connectivity index (χ1n) is 8.92. The Kier molecular flexibility index (Phi) is 5.46. The first kappa shape index (κ1) is 17.6. The molecule has 1 saturated heterocycles. The van der Waals surface area contributed by atoms with Crippen molar-refractivity contribution in [1.82, 2.24) is 10.2 Å². The van der Waals surface area contributed by atoms with Gasteiger partial charge in [0.25, 0.3) is 0 Å². The molecular weight excluding hydrogens is 320 g/mol. The summed E-state index contributed by atoms with van der Waals surface area (Å²) in [5.41, 5.74) is 0.958. The van der Waals surface area contributed by atoms with Crippen LogP contribution in [0.15, 0.2) is 18.2 Å². The fourth-order valence-corrected chi connectivity index (χ4v) is 3.48. The van der Waals surface area contributed by atoms with Crippen molar-refractivity contribution in [2.24, 2.45) is 5.92 Å². The smallest absolute Gasteiger partial charge is 0.225 e. The molecule has 1 saturated carbocycles. The van der Waals surface area contributed by atoms with E-state index in [1.807, 2.05) is 18.2 Å². The predicted octanol–water partition coefficient (Wildman–Crippen LogP) is 2.11. The summed E-state index contributed by atoms with van der Waals surface area (Å²) in [6.45, 7) is 0.904. The lowest BCUT2D eigenvalue weighted by molar-refractivity contribution is -0.128.